The van der Waals surface area contributed by atoms with Gasteiger partial charge in [-0.05, 0) is 29.7 Å². The van der Waals surface area contributed by atoms with Gasteiger partial charge in [0.15, 0.2) is 0 Å². The van der Waals surface area contributed by atoms with Crippen molar-refractivity contribution in [3.05, 3.63) is 0 Å². The van der Waals surface area contributed by atoms with Crippen molar-refractivity contribution in [2.75, 3.05) is 16.0 Å². The van der Waals surface area contributed by atoms with Gasteiger partial charge in [-0.3, -0.25) is 0 Å². The molecule has 0 aliphatic heterocycles. The molecule has 0 aromatic rings. The highest BCUT2D eigenvalue weighted by atomic mass is 79.9. The highest BCUT2D eigenvalue weighted by molar-refractivity contribution is 9.09. The highest BCUT2D eigenvalue weighted by Crippen LogP contribution is 2.15. The minimum atomic E-state index is -1.17. The lowest BCUT2D eigenvalue weighted by Crippen LogP contribution is -1.96. The van der Waals surface area contributed by atoms with E-state index in [1.54, 1.807) is 0 Å². The SMILES string of the molecule is BrCCCCCBr.CCC(CC)CCCCBr.O=[PH+]O. The van der Waals surface area contributed by atoms with Crippen LogP contribution >= 0.6 is 56.5 Å². The fourth-order valence-electron chi connectivity index (χ4n) is 1.59. The van der Waals surface area contributed by atoms with E-state index in [2.05, 4.69) is 61.6 Å². The van der Waals surface area contributed by atoms with Crippen molar-refractivity contribution in [1.82, 2.24) is 0 Å². The molecule has 1 atom stereocenters. The molecule has 0 aliphatic rings. The van der Waals surface area contributed by atoms with Crippen LogP contribution in [-0.2, 0) is 4.57 Å². The summed E-state index contributed by atoms with van der Waals surface area (Å²) in [5.74, 6) is 0.985. The molecule has 0 saturated heterocycles. The van der Waals surface area contributed by atoms with Crippen molar-refractivity contribution in [3.63, 3.8) is 0 Å². The Bertz CT molecular complexity index is 155. The van der Waals surface area contributed by atoms with Crippen LogP contribution in [-0.4, -0.2) is 20.9 Å². The van der Waals surface area contributed by atoms with Gasteiger partial charge in [0.2, 0.25) is 0 Å². The minimum absolute atomic E-state index is 0.985. The maximum Gasteiger partial charge on any atom is 0.491 e. The Kier molecular flexibility index (Phi) is 37.8. The molecule has 0 rings (SSSR count). The molecule has 0 bridgehead atoms. The van der Waals surface area contributed by atoms with E-state index in [0.29, 0.717) is 0 Å². The van der Waals surface area contributed by atoms with E-state index in [4.69, 9.17) is 9.46 Å². The molecule has 0 amide bonds. The first kappa shape index (κ1) is 26.4. The summed E-state index contributed by atoms with van der Waals surface area (Å²) < 4.78 is 8.51. The van der Waals surface area contributed by atoms with Gasteiger partial charge in [0.25, 0.3) is 0 Å². The number of halogens is 3. The summed E-state index contributed by atoms with van der Waals surface area (Å²) in [5, 5.41) is 3.48. The average Bonchev–Trinajstić information content (AvgIpc) is 2.46. The van der Waals surface area contributed by atoms with Gasteiger partial charge in [0.05, 0.1) is 0 Å². The molecule has 0 aromatic heterocycles. The van der Waals surface area contributed by atoms with Crippen LogP contribution in [0.4, 0.5) is 0 Å². The average molecular weight is 502 g/mol. The van der Waals surface area contributed by atoms with Crippen molar-refractivity contribution in [2.24, 2.45) is 5.92 Å². The van der Waals surface area contributed by atoms with Gasteiger partial charge in [0, 0.05) is 16.0 Å². The first-order valence-electron chi connectivity index (χ1n) is 7.37. The third-order valence-electron chi connectivity index (χ3n) is 2.92. The molecule has 0 heterocycles. The zero-order valence-corrected chi connectivity index (χ0v) is 18.6. The van der Waals surface area contributed by atoms with Crippen LogP contribution in [0.25, 0.3) is 0 Å². The van der Waals surface area contributed by atoms with Crippen molar-refractivity contribution in [1.29, 1.82) is 0 Å². The Labute approximate surface area is 152 Å². The van der Waals surface area contributed by atoms with Crippen LogP contribution in [0.5, 0.6) is 0 Å². The second-order valence-corrected chi connectivity index (χ2v) is 6.96. The molecule has 1 unspecified atom stereocenters. The zero-order chi connectivity index (χ0) is 16.1. The van der Waals surface area contributed by atoms with E-state index in [-0.39, 0.29) is 0 Å². The van der Waals surface area contributed by atoms with E-state index in [1.807, 2.05) is 0 Å². The molecule has 0 radical (unpaired) electrons. The Hall–Kier alpha value is 1.50. The summed E-state index contributed by atoms with van der Waals surface area (Å²) in [7, 11) is -1.17. The summed E-state index contributed by atoms with van der Waals surface area (Å²) in [6, 6.07) is 0. The van der Waals surface area contributed by atoms with Crippen LogP contribution in [0.3, 0.4) is 0 Å². The van der Waals surface area contributed by atoms with Gasteiger partial charge in [-0.2, -0.15) is 4.89 Å². The third kappa shape index (κ3) is 31.7. The number of hydrogen-bond acceptors (Lipinski definition) is 1. The number of alkyl halides is 3. The van der Waals surface area contributed by atoms with Gasteiger partial charge < -0.3 is 0 Å². The topological polar surface area (TPSA) is 37.3 Å². The van der Waals surface area contributed by atoms with Crippen LogP contribution in [0.2, 0.25) is 0 Å². The Morgan fingerprint density at radius 3 is 1.50 bits per heavy atom. The summed E-state index contributed by atoms with van der Waals surface area (Å²) in [6.07, 6.45) is 10.9. The van der Waals surface area contributed by atoms with Crippen molar-refractivity contribution in [2.45, 2.75) is 65.2 Å². The minimum Gasteiger partial charge on any atom is -0.162 e. The van der Waals surface area contributed by atoms with Crippen LogP contribution in [0, 0.1) is 5.92 Å². The lowest BCUT2D eigenvalue weighted by molar-refractivity contribution is 0.439. The molecule has 0 spiro atoms. The molecule has 2 nitrogen and oxygen atoms in total. The zero-order valence-electron chi connectivity index (χ0n) is 12.8. The second kappa shape index (κ2) is 28.6. The number of rotatable bonds is 10. The van der Waals surface area contributed by atoms with Gasteiger partial charge >= 0.3 is 8.69 Å². The van der Waals surface area contributed by atoms with E-state index >= 15 is 0 Å². The fourth-order valence-corrected chi connectivity index (χ4v) is 2.78. The lowest BCUT2D eigenvalue weighted by Gasteiger charge is -2.10. The molecule has 0 saturated carbocycles. The summed E-state index contributed by atoms with van der Waals surface area (Å²) in [6.45, 7) is 4.59. The monoisotopic (exact) mass is 499 g/mol. The molecule has 124 valence electrons. The Morgan fingerprint density at radius 2 is 1.20 bits per heavy atom. The normalized spacial score (nSPS) is 9.75. The quantitative estimate of drug-likeness (QED) is 0.202. The first-order chi connectivity index (χ1) is 9.67. The van der Waals surface area contributed by atoms with E-state index in [1.165, 1.54) is 56.7 Å². The lowest BCUT2D eigenvalue weighted by atomic mass is 9.97. The van der Waals surface area contributed by atoms with Crippen molar-refractivity contribution >= 4 is 56.5 Å². The largest absolute Gasteiger partial charge is 0.491 e. The van der Waals surface area contributed by atoms with Crippen LogP contribution in [0.15, 0.2) is 0 Å². The third-order valence-corrected chi connectivity index (χ3v) is 4.60. The highest BCUT2D eigenvalue weighted by Gasteiger charge is 2.01. The number of hydrogen-bond donors (Lipinski definition) is 1. The molecule has 6 heteroatoms. The molecular formula is C14H31Br3O2P+. The fraction of sp³-hybridized carbons (Fsp3) is 1.00. The summed E-state index contributed by atoms with van der Waals surface area (Å²) >= 11 is 10.2. The smallest absolute Gasteiger partial charge is 0.162 e. The second-order valence-electron chi connectivity index (χ2n) is 4.40. The predicted octanol–water partition coefficient (Wildman–Crippen LogP) is 6.85. The van der Waals surface area contributed by atoms with Crippen molar-refractivity contribution in [3.8, 4) is 0 Å². The summed E-state index contributed by atoms with van der Waals surface area (Å²) in [5.41, 5.74) is 0. The summed E-state index contributed by atoms with van der Waals surface area (Å²) in [4.78, 5) is 7.04. The molecule has 0 aliphatic carbocycles. The molecule has 0 fully saturated rings. The van der Waals surface area contributed by atoms with Gasteiger partial charge in [-0.15, -0.1) is 0 Å². The molecular weight excluding hydrogens is 471 g/mol. The standard InChI is InChI=1S/C9H19Br.C5H10Br2.HO2P/c1-3-9(4-2)7-5-6-8-10;6-4-2-1-3-5-7;1-3-2/h9H,3-8H2,1-2H3;1-5H2;3H/p+1. The molecule has 0 aromatic carbocycles. The van der Waals surface area contributed by atoms with Crippen LogP contribution in [0.1, 0.15) is 65.2 Å². The van der Waals surface area contributed by atoms with E-state index in [9.17, 15) is 0 Å². The molecule has 1 N–H and O–H groups in total. The van der Waals surface area contributed by atoms with Gasteiger partial charge in [0.1, 0.15) is 0 Å². The Morgan fingerprint density at radius 1 is 0.850 bits per heavy atom. The van der Waals surface area contributed by atoms with Crippen LogP contribution < -0.4 is 0 Å². The molecule has 20 heavy (non-hydrogen) atoms. The maximum atomic E-state index is 8.51. The van der Waals surface area contributed by atoms with Crippen molar-refractivity contribution < 1.29 is 9.46 Å². The first-order valence-corrected chi connectivity index (χ1v) is 11.6. The van der Waals surface area contributed by atoms with Gasteiger partial charge in [-0.25, -0.2) is 0 Å². The predicted molar refractivity (Wildman–Crippen MR) is 104 cm³/mol. The number of unbranched alkanes of at least 4 members (excludes halogenated alkanes) is 3. The van der Waals surface area contributed by atoms with Gasteiger partial charge in [-0.1, -0.05) is 93.7 Å². The Balaban J connectivity index is -0.000000251. The van der Waals surface area contributed by atoms with E-state index < -0.39 is 8.69 Å². The maximum absolute atomic E-state index is 8.51. The van der Waals surface area contributed by atoms with E-state index in [0.717, 1.165) is 16.6 Å².